The van der Waals surface area contributed by atoms with Crippen molar-refractivity contribution in [1.82, 2.24) is 4.98 Å². The van der Waals surface area contributed by atoms with E-state index in [0.29, 0.717) is 23.6 Å². The Hall–Kier alpha value is -2.18. The van der Waals surface area contributed by atoms with Gasteiger partial charge in [0, 0.05) is 17.6 Å². The Kier molecular flexibility index (Phi) is 4.86. The molecule has 1 heterocycles. The fourth-order valence-electron chi connectivity index (χ4n) is 1.95. The highest BCUT2D eigenvalue weighted by molar-refractivity contribution is 6.30. The summed E-state index contributed by atoms with van der Waals surface area (Å²) in [6.07, 6.45) is 2.46. The van der Waals surface area contributed by atoms with Crippen LogP contribution in [0.4, 0.5) is 0 Å². The summed E-state index contributed by atoms with van der Waals surface area (Å²) in [6.45, 7) is 0. The number of ketones is 1. The Balaban J connectivity index is 2.02. The minimum atomic E-state index is -0.796. The molecule has 0 saturated heterocycles. The van der Waals surface area contributed by atoms with E-state index < -0.39 is 5.92 Å². The first kappa shape index (κ1) is 14.2. The standard InChI is InChI=1S/C16H13ClN2O/c17-13-5-3-4-12(10-13)7-8-16(20)14(11-18)15-6-1-2-9-19-15/h1-6,9-10,14H,7-8H2/t14-/m0/s1. The van der Waals surface area contributed by atoms with Crippen LogP contribution in [-0.4, -0.2) is 10.8 Å². The number of rotatable bonds is 5. The molecule has 0 radical (unpaired) electrons. The number of aryl methyl sites for hydroxylation is 1. The molecule has 0 spiro atoms. The van der Waals surface area contributed by atoms with Crippen molar-refractivity contribution >= 4 is 17.4 Å². The van der Waals surface area contributed by atoms with Gasteiger partial charge in [-0.05, 0) is 36.2 Å². The Morgan fingerprint density at radius 3 is 2.80 bits per heavy atom. The number of halogens is 1. The van der Waals surface area contributed by atoms with E-state index in [0.717, 1.165) is 5.56 Å². The molecule has 0 saturated carbocycles. The summed E-state index contributed by atoms with van der Waals surface area (Å²) in [5.74, 6) is -0.915. The van der Waals surface area contributed by atoms with E-state index >= 15 is 0 Å². The summed E-state index contributed by atoms with van der Waals surface area (Å²) in [6, 6.07) is 14.6. The quantitative estimate of drug-likeness (QED) is 0.844. The average Bonchev–Trinajstić information content (AvgIpc) is 2.47. The van der Waals surface area contributed by atoms with Crippen molar-refractivity contribution in [2.24, 2.45) is 0 Å². The van der Waals surface area contributed by atoms with Gasteiger partial charge in [-0.15, -0.1) is 0 Å². The van der Waals surface area contributed by atoms with Crippen molar-refractivity contribution in [3.63, 3.8) is 0 Å². The van der Waals surface area contributed by atoms with Gasteiger partial charge in [0.2, 0.25) is 0 Å². The lowest BCUT2D eigenvalue weighted by Gasteiger charge is -2.07. The van der Waals surface area contributed by atoms with Crippen molar-refractivity contribution in [2.45, 2.75) is 18.8 Å². The van der Waals surface area contributed by atoms with Gasteiger partial charge in [-0.25, -0.2) is 0 Å². The van der Waals surface area contributed by atoms with Gasteiger partial charge in [0.05, 0.1) is 11.8 Å². The predicted octanol–water partition coefficient (Wildman–Crippen LogP) is 3.54. The largest absolute Gasteiger partial charge is 0.298 e. The molecule has 1 aromatic carbocycles. The van der Waals surface area contributed by atoms with E-state index in [2.05, 4.69) is 4.98 Å². The summed E-state index contributed by atoms with van der Waals surface area (Å²) in [7, 11) is 0. The zero-order valence-corrected chi connectivity index (χ0v) is 11.5. The van der Waals surface area contributed by atoms with Gasteiger partial charge < -0.3 is 0 Å². The first-order valence-electron chi connectivity index (χ1n) is 6.28. The van der Waals surface area contributed by atoms with Gasteiger partial charge in [0.1, 0.15) is 5.92 Å². The first-order chi connectivity index (χ1) is 9.70. The van der Waals surface area contributed by atoms with Crippen molar-refractivity contribution in [3.8, 4) is 6.07 Å². The molecule has 0 aliphatic rings. The monoisotopic (exact) mass is 284 g/mol. The molecule has 4 heteroatoms. The molecule has 0 amide bonds. The lowest BCUT2D eigenvalue weighted by Crippen LogP contribution is -2.13. The summed E-state index contributed by atoms with van der Waals surface area (Å²) < 4.78 is 0. The number of aromatic nitrogens is 1. The van der Waals surface area contributed by atoms with Gasteiger partial charge in [-0.1, -0.05) is 29.8 Å². The van der Waals surface area contributed by atoms with Gasteiger partial charge in [0.15, 0.2) is 5.78 Å². The van der Waals surface area contributed by atoms with Crippen molar-refractivity contribution in [2.75, 3.05) is 0 Å². The number of nitrogens with zero attached hydrogens (tertiary/aromatic N) is 2. The number of pyridine rings is 1. The molecule has 2 aromatic rings. The Labute approximate surface area is 122 Å². The van der Waals surface area contributed by atoms with Crippen LogP contribution >= 0.6 is 11.6 Å². The second-order valence-corrected chi connectivity index (χ2v) is 4.85. The fourth-order valence-corrected chi connectivity index (χ4v) is 2.17. The van der Waals surface area contributed by atoms with Crippen LogP contribution in [0.2, 0.25) is 5.02 Å². The van der Waals surface area contributed by atoms with Crippen molar-refractivity contribution < 1.29 is 4.79 Å². The predicted molar refractivity (Wildman–Crippen MR) is 77.4 cm³/mol. The van der Waals surface area contributed by atoms with Crippen LogP contribution in [0.3, 0.4) is 0 Å². The van der Waals surface area contributed by atoms with Crippen LogP contribution < -0.4 is 0 Å². The Morgan fingerprint density at radius 1 is 1.30 bits per heavy atom. The van der Waals surface area contributed by atoms with Gasteiger partial charge >= 0.3 is 0 Å². The normalized spacial score (nSPS) is 11.6. The van der Waals surface area contributed by atoms with E-state index in [1.54, 1.807) is 30.5 Å². The molecular weight excluding hydrogens is 272 g/mol. The summed E-state index contributed by atoms with van der Waals surface area (Å²) >= 11 is 5.90. The number of nitriles is 1. The maximum Gasteiger partial charge on any atom is 0.156 e. The van der Waals surface area contributed by atoms with Crippen molar-refractivity contribution in [1.29, 1.82) is 5.26 Å². The van der Waals surface area contributed by atoms with E-state index in [4.69, 9.17) is 16.9 Å². The third-order valence-corrected chi connectivity index (χ3v) is 3.22. The third-order valence-electron chi connectivity index (χ3n) is 2.98. The zero-order chi connectivity index (χ0) is 14.4. The van der Waals surface area contributed by atoms with Gasteiger partial charge in [0.25, 0.3) is 0 Å². The van der Waals surface area contributed by atoms with Crippen LogP contribution in [0.5, 0.6) is 0 Å². The molecule has 0 N–H and O–H groups in total. The summed E-state index contributed by atoms with van der Waals surface area (Å²) in [4.78, 5) is 16.2. The SMILES string of the molecule is N#C[C@H](C(=O)CCc1cccc(Cl)c1)c1ccccn1. The van der Waals surface area contributed by atoms with E-state index in [1.165, 1.54) is 0 Å². The molecule has 0 fully saturated rings. The number of carbonyl (C=O) groups excluding carboxylic acids is 1. The number of hydrogen-bond acceptors (Lipinski definition) is 3. The fraction of sp³-hybridized carbons (Fsp3) is 0.188. The molecular formula is C16H13ClN2O. The third kappa shape index (κ3) is 3.66. The Morgan fingerprint density at radius 2 is 2.15 bits per heavy atom. The molecule has 1 aromatic heterocycles. The van der Waals surface area contributed by atoms with Gasteiger partial charge in [-0.2, -0.15) is 5.26 Å². The van der Waals surface area contributed by atoms with Gasteiger partial charge in [-0.3, -0.25) is 9.78 Å². The lowest BCUT2D eigenvalue weighted by atomic mass is 9.96. The average molecular weight is 285 g/mol. The molecule has 20 heavy (non-hydrogen) atoms. The number of Topliss-reactive ketones (excluding diaryl/α,β-unsaturated/α-hetero) is 1. The number of benzene rings is 1. The molecule has 100 valence electrons. The van der Waals surface area contributed by atoms with E-state index in [9.17, 15) is 4.79 Å². The van der Waals surface area contributed by atoms with Crippen LogP contribution in [-0.2, 0) is 11.2 Å². The molecule has 0 unspecified atom stereocenters. The minimum Gasteiger partial charge on any atom is -0.298 e. The molecule has 0 aliphatic heterocycles. The highest BCUT2D eigenvalue weighted by Crippen LogP contribution is 2.18. The smallest absolute Gasteiger partial charge is 0.156 e. The first-order valence-corrected chi connectivity index (χ1v) is 6.66. The highest BCUT2D eigenvalue weighted by atomic mass is 35.5. The lowest BCUT2D eigenvalue weighted by molar-refractivity contribution is -0.119. The molecule has 2 rings (SSSR count). The highest BCUT2D eigenvalue weighted by Gasteiger charge is 2.20. The van der Waals surface area contributed by atoms with E-state index in [1.807, 2.05) is 24.3 Å². The molecule has 0 bridgehead atoms. The van der Waals surface area contributed by atoms with Crippen LogP contribution in [0.15, 0.2) is 48.7 Å². The minimum absolute atomic E-state index is 0.119. The van der Waals surface area contributed by atoms with Crippen molar-refractivity contribution in [3.05, 3.63) is 64.9 Å². The summed E-state index contributed by atoms with van der Waals surface area (Å²) in [5.41, 5.74) is 1.50. The maximum absolute atomic E-state index is 12.1. The Bertz CT molecular complexity index is 634. The summed E-state index contributed by atoms with van der Waals surface area (Å²) in [5, 5.41) is 9.81. The second kappa shape index (κ2) is 6.83. The van der Waals surface area contributed by atoms with Crippen LogP contribution in [0.25, 0.3) is 0 Å². The maximum atomic E-state index is 12.1. The van der Waals surface area contributed by atoms with E-state index in [-0.39, 0.29) is 5.78 Å². The number of carbonyl (C=O) groups is 1. The molecule has 0 aliphatic carbocycles. The second-order valence-electron chi connectivity index (χ2n) is 4.41. The van der Waals surface area contributed by atoms with Crippen LogP contribution in [0, 0.1) is 11.3 Å². The molecule has 3 nitrogen and oxygen atoms in total. The number of hydrogen-bond donors (Lipinski definition) is 0. The zero-order valence-electron chi connectivity index (χ0n) is 10.8. The molecule has 1 atom stereocenters. The topological polar surface area (TPSA) is 53.8 Å². The van der Waals surface area contributed by atoms with Crippen LogP contribution in [0.1, 0.15) is 23.6 Å².